The van der Waals surface area contributed by atoms with Gasteiger partial charge in [-0.3, -0.25) is 4.90 Å². The van der Waals surface area contributed by atoms with E-state index in [2.05, 4.69) is 51.8 Å². The summed E-state index contributed by atoms with van der Waals surface area (Å²) in [6.07, 6.45) is 3.75. The standard InChI is InChI=1S/C16H27N3/c1-12(8-9-17)19(5)15-10-14(16(2,3)4)7-6-13(15)11-18/h12-15H,6-8,10H2,1-5H3. The highest BCUT2D eigenvalue weighted by Gasteiger charge is 2.38. The van der Waals surface area contributed by atoms with Crippen LogP contribution in [0.4, 0.5) is 0 Å². The van der Waals surface area contributed by atoms with Crippen molar-refractivity contribution < 1.29 is 0 Å². The molecule has 0 radical (unpaired) electrons. The predicted molar refractivity (Wildman–Crippen MR) is 77.1 cm³/mol. The molecule has 19 heavy (non-hydrogen) atoms. The van der Waals surface area contributed by atoms with Crippen LogP contribution in [0, 0.1) is 39.9 Å². The number of hydrogen-bond acceptors (Lipinski definition) is 3. The first kappa shape index (κ1) is 16.0. The highest BCUT2D eigenvalue weighted by molar-refractivity contribution is 5.00. The summed E-state index contributed by atoms with van der Waals surface area (Å²) in [5.41, 5.74) is 0.304. The van der Waals surface area contributed by atoms with E-state index in [1.807, 2.05) is 0 Å². The molecule has 1 aliphatic rings. The number of rotatable bonds is 3. The molecule has 0 bridgehead atoms. The predicted octanol–water partition coefficient (Wildman–Crippen LogP) is 3.57. The Morgan fingerprint density at radius 1 is 1.26 bits per heavy atom. The van der Waals surface area contributed by atoms with Crippen molar-refractivity contribution in [2.75, 3.05) is 7.05 Å². The minimum atomic E-state index is 0.116. The fraction of sp³-hybridized carbons (Fsp3) is 0.875. The second-order valence-electron chi connectivity index (χ2n) is 7.06. The van der Waals surface area contributed by atoms with Crippen LogP contribution in [0.25, 0.3) is 0 Å². The summed E-state index contributed by atoms with van der Waals surface area (Å²) in [6, 6.07) is 5.24. The molecule has 3 nitrogen and oxygen atoms in total. The molecule has 4 atom stereocenters. The molecule has 0 N–H and O–H groups in total. The molecule has 3 heteroatoms. The van der Waals surface area contributed by atoms with Crippen LogP contribution in [0.5, 0.6) is 0 Å². The third kappa shape index (κ3) is 3.95. The molecule has 0 heterocycles. The van der Waals surface area contributed by atoms with Crippen molar-refractivity contribution >= 4 is 0 Å². The molecular weight excluding hydrogens is 234 g/mol. The Hall–Kier alpha value is -1.06. The molecule has 1 rings (SSSR count). The smallest absolute Gasteiger partial charge is 0.0672 e. The molecule has 0 aromatic heterocycles. The lowest BCUT2D eigenvalue weighted by atomic mass is 9.67. The van der Waals surface area contributed by atoms with Crippen LogP contribution in [-0.2, 0) is 0 Å². The average Bonchev–Trinajstić information content (AvgIpc) is 2.36. The second kappa shape index (κ2) is 6.40. The summed E-state index contributed by atoms with van der Waals surface area (Å²) >= 11 is 0. The molecule has 0 aromatic rings. The largest absolute Gasteiger partial charge is 0.298 e. The topological polar surface area (TPSA) is 50.8 Å². The van der Waals surface area contributed by atoms with Crippen LogP contribution in [0.2, 0.25) is 0 Å². The van der Waals surface area contributed by atoms with Crippen molar-refractivity contribution in [1.29, 1.82) is 10.5 Å². The Balaban J connectivity index is 2.81. The van der Waals surface area contributed by atoms with Crippen LogP contribution in [0.15, 0.2) is 0 Å². The number of hydrogen-bond donors (Lipinski definition) is 0. The molecule has 106 valence electrons. The maximum Gasteiger partial charge on any atom is 0.0672 e. The van der Waals surface area contributed by atoms with Gasteiger partial charge in [0, 0.05) is 12.1 Å². The zero-order valence-corrected chi connectivity index (χ0v) is 13.0. The van der Waals surface area contributed by atoms with E-state index in [4.69, 9.17) is 5.26 Å². The Morgan fingerprint density at radius 3 is 2.37 bits per heavy atom. The summed E-state index contributed by atoms with van der Waals surface area (Å²) < 4.78 is 0. The van der Waals surface area contributed by atoms with E-state index in [1.54, 1.807) is 0 Å². The van der Waals surface area contributed by atoms with Gasteiger partial charge in [-0.05, 0) is 44.6 Å². The third-order valence-corrected chi connectivity index (χ3v) is 4.81. The van der Waals surface area contributed by atoms with Gasteiger partial charge in [0.15, 0.2) is 0 Å². The van der Waals surface area contributed by atoms with Crippen molar-refractivity contribution in [2.45, 2.75) is 65.5 Å². The Kier molecular flexibility index (Phi) is 5.39. The minimum absolute atomic E-state index is 0.116. The zero-order chi connectivity index (χ0) is 14.6. The van der Waals surface area contributed by atoms with E-state index in [-0.39, 0.29) is 12.0 Å². The summed E-state index contributed by atoms with van der Waals surface area (Å²) in [6.45, 7) is 8.96. The fourth-order valence-electron chi connectivity index (χ4n) is 3.14. The average molecular weight is 261 g/mol. The monoisotopic (exact) mass is 261 g/mol. The number of nitriles is 2. The Morgan fingerprint density at radius 2 is 1.89 bits per heavy atom. The Bertz CT molecular complexity index is 369. The van der Waals surface area contributed by atoms with Crippen LogP contribution in [0.3, 0.4) is 0 Å². The van der Waals surface area contributed by atoms with E-state index in [9.17, 15) is 5.26 Å². The maximum atomic E-state index is 9.37. The van der Waals surface area contributed by atoms with E-state index in [1.165, 1.54) is 0 Å². The quantitative estimate of drug-likeness (QED) is 0.780. The molecular formula is C16H27N3. The van der Waals surface area contributed by atoms with Crippen molar-refractivity contribution in [3.8, 4) is 12.1 Å². The van der Waals surface area contributed by atoms with Gasteiger partial charge >= 0.3 is 0 Å². The lowest BCUT2D eigenvalue weighted by molar-refractivity contribution is 0.0565. The first-order chi connectivity index (χ1) is 8.81. The van der Waals surface area contributed by atoms with E-state index in [0.717, 1.165) is 19.3 Å². The Labute approximate surface area is 118 Å². The van der Waals surface area contributed by atoms with Gasteiger partial charge in [0.2, 0.25) is 0 Å². The SMILES string of the molecule is CC(CC#N)N(C)C1CC(C(C)(C)C)CCC1C#N. The molecule has 0 aromatic carbocycles. The lowest BCUT2D eigenvalue weighted by Crippen LogP contribution is -2.47. The molecule has 4 unspecified atom stereocenters. The first-order valence-corrected chi connectivity index (χ1v) is 7.29. The molecule has 0 amide bonds. The van der Waals surface area contributed by atoms with Crippen LogP contribution >= 0.6 is 0 Å². The normalized spacial score (nSPS) is 29.6. The van der Waals surface area contributed by atoms with Gasteiger partial charge in [-0.1, -0.05) is 20.8 Å². The van der Waals surface area contributed by atoms with Crippen molar-refractivity contribution in [1.82, 2.24) is 4.90 Å². The van der Waals surface area contributed by atoms with Gasteiger partial charge in [0.05, 0.1) is 24.5 Å². The zero-order valence-electron chi connectivity index (χ0n) is 13.0. The molecule has 0 aliphatic heterocycles. The maximum absolute atomic E-state index is 9.37. The van der Waals surface area contributed by atoms with Crippen molar-refractivity contribution in [3.63, 3.8) is 0 Å². The first-order valence-electron chi connectivity index (χ1n) is 7.29. The summed E-state index contributed by atoms with van der Waals surface area (Å²) in [5, 5.41) is 18.2. The van der Waals surface area contributed by atoms with Gasteiger partial charge in [0.1, 0.15) is 0 Å². The van der Waals surface area contributed by atoms with Crippen LogP contribution < -0.4 is 0 Å². The molecule has 1 fully saturated rings. The highest BCUT2D eigenvalue weighted by atomic mass is 15.2. The van der Waals surface area contributed by atoms with Crippen molar-refractivity contribution in [3.05, 3.63) is 0 Å². The summed E-state index contributed by atoms with van der Waals surface area (Å²) in [7, 11) is 2.07. The second-order valence-corrected chi connectivity index (χ2v) is 7.06. The van der Waals surface area contributed by atoms with Crippen LogP contribution in [0.1, 0.15) is 53.4 Å². The molecule has 1 aliphatic carbocycles. The van der Waals surface area contributed by atoms with E-state index in [0.29, 0.717) is 23.8 Å². The number of nitrogens with zero attached hydrogens (tertiary/aromatic N) is 3. The summed E-state index contributed by atoms with van der Waals surface area (Å²) in [4.78, 5) is 2.26. The molecule has 0 saturated heterocycles. The van der Waals surface area contributed by atoms with E-state index < -0.39 is 0 Å². The van der Waals surface area contributed by atoms with Gasteiger partial charge in [-0.25, -0.2) is 0 Å². The van der Waals surface area contributed by atoms with Crippen LogP contribution in [-0.4, -0.2) is 24.0 Å². The van der Waals surface area contributed by atoms with Gasteiger partial charge in [0.25, 0.3) is 0 Å². The van der Waals surface area contributed by atoms with E-state index >= 15 is 0 Å². The lowest BCUT2D eigenvalue weighted by Gasteiger charge is -2.44. The van der Waals surface area contributed by atoms with Gasteiger partial charge < -0.3 is 0 Å². The summed E-state index contributed by atoms with van der Waals surface area (Å²) in [5.74, 6) is 0.781. The molecule has 1 saturated carbocycles. The van der Waals surface area contributed by atoms with Crippen molar-refractivity contribution in [2.24, 2.45) is 17.3 Å². The van der Waals surface area contributed by atoms with Gasteiger partial charge in [-0.2, -0.15) is 10.5 Å². The third-order valence-electron chi connectivity index (χ3n) is 4.81. The molecule has 0 spiro atoms. The minimum Gasteiger partial charge on any atom is -0.298 e. The fourth-order valence-corrected chi connectivity index (χ4v) is 3.14. The van der Waals surface area contributed by atoms with Gasteiger partial charge in [-0.15, -0.1) is 0 Å². The highest BCUT2D eigenvalue weighted by Crippen LogP contribution is 2.41.